The first-order chi connectivity index (χ1) is 10.9. The van der Waals surface area contributed by atoms with Crippen molar-refractivity contribution in [3.05, 3.63) is 28.2 Å². The molecule has 130 valence electrons. The van der Waals surface area contributed by atoms with Crippen LogP contribution in [0.5, 0.6) is 0 Å². The van der Waals surface area contributed by atoms with Gasteiger partial charge in [0.05, 0.1) is 24.0 Å². The second-order valence-corrected chi connectivity index (χ2v) is 6.99. The lowest BCUT2D eigenvalue weighted by Crippen LogP contribution is -2.68. The molecule has 23 heavy (non-hydrogen) atoms. The monoisotopic (exact) mass is 344 g/mol. The van der Waals surface area contributed by atoms with E-state index in [0.29, 0.717) is 0 Å². The highest BCUT2D eigenvalue weighted by molar-refractivity contribution is 5.40. The highest BCUT2D eigenvalue weighted by atomic mass is 35.7. The number of hydrogen-bond donors (Lipinski definition) is 0. The Bertz CT molecular complexity index is 519. The molecule has 0 fully saturated rings. The molecule has 2 aliphatic carbocycles. The highest BCUT2D eigenvalue weighted by Crippen LogP contribution is 2.33. The van der Waals surface area contributed by atoms with Crippen LogP contribution < -0.4 is 18.6 Å². The molecule has 0 saturated carbocycles. The summed E-state index contributed by atoms with van der Waals surface area (Å²) in [6, 6.07) is 0. The predicted octanol–water partition coefficient (Wildman–Crippen LogP) is -0.0951. The Morgan fingerprint density at radius 3 is 1.78 bits per heavy atom. The summed E-state index contributed by atoms with van der Waals surface area (Å²) in [7, 11) is -4.94. The molecule has 0 saturated heterocycles. The van der Waals surface area contributed by atoms with Crippen LogP contribution in [0.15, 0.2) is 4.42 Å². The first-order valence-corrected chi connectivity index (χ1v) is 9.73. The van der Waals surface area contributed by atoms with Gasteiger partial charge in [0.2, 0.25) is 0 Å². The topological polar surface area (TPSA) is 104 Å². The van der Waals surface area contributed by atoms with E-state index in [4.69, 9.17) is 23.1 Å². The van der Waals surface area contributed by atoms with Gasteiger partial charge in [-0.2, -0.15) is 0 Å². The Morgan fingerprint density at radius 1 is 0.739 bits per heavy atom. The fraction of sp³-hybridized carbons (Fsp3) is 0.706. The molecule has 0 amide bonds. The molecule has 0 unspecified atom stereocenters. The number of hydrogen-bond acceptors (Lipinski definition) is 4. The third kappa shape index (κ3) is 5.69. The van der Waals surface area contributed by atoms with Gasteiger partial charge in [-0.15, -0.1) is 10.2 Å². The number of fused-ring (bicyclic) bond motifs is 3. The van der Waals surface area contributed by atoms with Crippen molar-refractivity contribution in [2.24, 2.45) is 0 Å². The van der Waals surface area contributed by atoms with Crippen molar-refractivity contribution in [1.82, 2.24) is 0 Å². The summed E-state index contributed by atoms with van der Waals surface area (Å²) in [5.74, 6) is 2.64. The first-order valence-electron chi connectivity index (χ1n) is 8.50. The summed E-state index contributed by atoms with van der Waals surface area (Å²) in [6.07, 6.45) is 14.3. The van der Waals surface area contributed by atoms with Crippen LogP contribution in [0, 0.1) is 10.2 Å². The van der Waals surface area contributed by atoms with Crippen molar-refractivity contribution in [1.29, 1.82) is 0 Å². The first kappa shape index (κ1) is 18.6. The molecule has 1 heterocycles. The normalized spacial score (nSPS) is 18.0. The van der Waals surface area contributed by atoms with E-state index < -0.39 is 10.2 Å². The fourth-order valence-corrected chi connectivity index (χ4v) is 3.70. The third-order valence-electron chi connectivity index (χ3n) is 4.65. The Hall–Kier alpha value is -0.720. The van der Waals surface area contributed by atoms with Gasteiger partial charge in [-0.1, -0.05) is 19.8 Å². The van der Waals surface area contributed by atoms with Gasteiger partial charge in [-0.05, 0) is 50.5 Å². The van der Waals surface area contributed by atoms with Crippen LogP contribution in [0.3, 0.4) is 0 Å². The lowest BCUT2D eigenvalue weighted by atomic mass is 9.93. The van der Waals surface area contributed by atoms with Crippen LogP contribution in [0.2, 0.25) is 0 Å². The molecule has 5 nitrogen and oxygen atoms in total. The molecule has 0 radical (unpaired) electrons. The van der Waals surface area contributed by atoms with E-state index >= 15 is 0 Å². The average Bonchev–Trinajstić information content (AvgIpc) is 2.84. The molecule has 1 aromatic rings. The summed E-state index contributed by atoms with van der Waals surface area (Å²) < 4.78 is 40.3. The second kappa shape index (κ2) is 8.40. The predicted molar refractivity (Wildman–Crippen MR) is 75.0 cm³/mol. The Kier molecular flexibility index (Phi) is 6.80. The van der Waals surface area contributed by atoms with Crippen LogP contribution in [0.1, 0.15) is 73.7 Å². The maximum Gasteiger partial charge on any atom is 0.332 e. The standard InChI is InChI=1S/C17H25O.ClHO4/c1-2-16-14-10-6-3-5-9-13(14)15-11-7-4-8-12-17(15)18-16;2-1(3,4)5/h2-12H2,1H3;(H,2,3,4,5)/q+1;/p-1. The maximum absolute atomic E-state index is 8.49. The van der Waals surface area contributed by atoms with Crippen LogP contribution in [-0.2, 0) is 32.1 Å². The molecule has 0 aliphatic heterocycles. The van der Waals surface area contributed by atoms with Gasteiger partial charge < -0.3 is 0 Å². The molecule has 0 aromatic carbocycles. The smallest absolute Gasteiger partial charge is 0.222 e. The van der Waals surface area contributed by atoms with E-state index in [1.54, 1.807) is 16.7 Å². The van der Waals surface area contributed by atoms with Crippen molar-refractivity contribution in [3.8, 4) is 0 Å². The van der Waals surface area contributed by atoms with Crippen molar-refractivity contribution in [2.75, 3.05) is 0 Å². The van der Waals surface area contributed by atoms with Crippen LogP contribution in [-0.4, -0.2) is 0 Å². The summed E-state index contributed by atoms with van der Waals surface area (Å²) in [5.41, 5.74) is 4.91. The second-order valence-electron chi connectivity index (χ2n) is 6.24. The lowest BCUT2D eigenvalue weighted by Gasteiger charge is -2.17. The zero-order valence-corrected chi connectivity index (χ0v) is 14.5. The Morgan fingerprint density at radius 2 is 1.22 bits per heavy atom. The van der Waals surface area contributed by atoms with Crippen molar-refractivity contribution in [2.45, 2.75) is 77.6 Å². The molecule has 0 N–H and O–H groups in total. The van der Waals surface area contributed by atoms with Gasteiger partial charge in [0.25, 0.3) is 0 Å². The SMILES string of the molecule is CCc1[o+]c2c(c3c1CCCCC3)CCCCC2.[O-][Cl+3]([O-])([O-])[O-]. The number of halogens is 1. The Labute approximate surface area is 139 Å². The molecule has 0 spiro atoms. The summed E-state index contributed by atoms with van der Waals surface area (Å²) in [6.45, 7) is 2.24. The Balaban J connectivity index is 0.000000338. The zero-order valence-electron chi connectivity index (χ0n) is 13.7. The average molecular weight is 345 g/mol. The molecule has 6 heteroatoms. The van der Waals surface area contributed by atoms with Gasteiger partial charge in [0.15, 0.2) is 0 Å². The molecule has 0 atom stereocenters. The minimum atomic E-state index is -4.94. The molecule has 1 aromatic heterocycles. The molecule has 0 bridgehead atoms. The van der Waals surface area contributed by atoms with Crippen molar-refractivity contribution < 1.29 is 33.3 Å². The van der Waals surface area contributed by atoms with Gasteiger partial charge >= 0.3 is 11.5 Å². The van der Waals surface area contributed by atoms with Crippen LogP contribution >= 0.6 is 0 Å². The molecular formula is C17H25ClO5. The van der Waals surface area contributed by atoms with Gasteiger partial charge in [0.1, 0.15) is 0 Å². The number of aryl methyl sites for hydroxylation is 2. The van der Waals surface area contributed by atoms with E-state index in [-0.39, 0.29) is 0 Å². The van der Waals surface area contributed by atoms with Crippen LogP contribution in [0.4, 0.5) is 0 Å². The maximum atomic E-state index is 8.49. The summed E-state index contributed by atoms with van der Waals surface area (Å²) >= 11 is 0. The fourth-order valence-electron chi connectivity index (χ4n) is 3.70. The lowest BCUT2D eigenvalue weighted by molar-refractivity contribution is -2.00. The molecule has 3 rings (SSSR count). The molecular weight excluding hydrogens is 320 g/mol. The largest absolute Gasteiger partial charge is 0.332 e. The summed E-state index contributed by atoms with van der Waals surface area (Å²) in [5, 5.41) is 0. The van der Waals surface area contributed by atoms with E-state index in [9.17, 15) is 0 Å². The van der Waals surface area contributed by atoms with Crippen molar-refractivity contribution >= 4 is 0 Å². The third-order valence-corrected chi connectivity index (χ3v) is 4.65. The van der Waals surface area contributed by atoms with E-state index in [0.717, 1.165) is 6.42 Å². The number of rotatable bonds is 1. The zero-order chi connectivity index (χ0) is 16.9. The van der Waals surface area contributed by atoms with Crippen molar-refractivity contribution in [3.63, 3.8) is 0 Å². The minimum absolute atomic E-state index is 1.07. The molecule has 2 aliphatic rings. The van der Waals surface area contributed by atoms with E-state index in [1.807, 2.05) is 0 Å². The van der Waals surface area contributed by atoms with Gasteiger partial charge in [-0.3, -0.25) is 0 Å². The minimum Gasteiger partial charge on any atom is -0.222 e. The van der Waals surface area contributed by atoms with Gasteiger partial charge in [-0.25, -0.2) is 23.1 Å². The van der Waals surface area contributed by atoms with Crippen LogP contribution in [0.25, 0.3) is 0 Å². The highest BCUT2D eigenvalue weighted by Gasteiger charge is 2.29. The van der Waals surface area contributed by atoms with E-state index in [1.165, 1.54) is 75.7 Å². The quantitative estimate of drug-likeness (QED) is 0.523. The summed E-state index contributed by atoms with van der Waals surface area (Å²) in [4.78, 5) is 0. The van der Waals surface area contributed by atoms with E-state index in [2.05, 4.69) is 6.92 Å². The van der Waals surface area contributed by atoms with Gasteiger partial charge in [0, 0.05) is 0 Å².